The van der Waals surface area contributed by atoms with Gasteiger partial charge in [-0.2, -0.15) is 14.0 Å². The molecule has 1 aliphatic heterocycles. The first-order valence-electron chi connectivity index (χ1n) is 8.12. The van der Waals surface area contributed by atoms with Crippen LogP contribution in [0.3, 0.4) is 0 Å². The van der Waals surface area contributed by atoms with Gasteiger partial charge in [0.05, 0.1) is 10.6 Å². The lowest BCUT2D eigenvalue weighted by atomic mass is 10.2. The normalized spacial score (nSPS) is 15.1. The van der Waals surface area contributed by atoms with Gasteiger partial charge in [-0.3, -0.25) is 4.90 Å². The van der Waals surface area contributed by atoms with Crippen molar-refractivity contribution in [2.24, 2.45) is 0 Å². The van der Waals surface area contributed by atoms with Gasteiger partial charge in [-0.05, 0) is 23.8 Å². The van der Waals surface area contributed by atoms with Crippen molar-refractivity contribution in [1.82, 2.24) is 9.88 Å². The molecular weight excluding hydrogens is 362 g/mol. The van der Waals surface area contributed by atoms with Crippen molar-refractivity contribution in [2.45, 2.75) is 13.2 Å². The number of hydrogen-bond donors (Lipinski definition) is 0. The maximum Gasteiger partial charge on any atom is 0.387 e. The Hall–Kier alpha value is -2.43. The van der Waals surface area contributed by atoms with E-state index in [0.717, 1.165) is 38.3 Å². The van der Waals surface area contributed by atoms with Crippen molar-refractivity contribution >= 4 is 17.4 Å². The Morgan fingerprint density at radius 1 is 1.19 bits per heavy atom. The van der Waals surface area contributed by atoms with E-state index in [-0.39, 0.29) is 5.75 Å². The fourth-order valence-corrected chi connectivity index (χ4v) is 3.16. The molecule has 26 heavy (non-hydrogen) atoms. The quantitative estimate of drug-likeness (QED) is 0.796. The average Bonchev–Trinajstić information content (AvgIpc) is 2.63. The predicted octanol–water partition coefficient (Wildman–Crippen LogP) is 3.53. The number of rotatable bonds is 5. The summed E-state index contributed by atoms with van der Waals surface area (Å²) in [5, 5.41) is 9.36. The second-order valence-corrected chi connectivity index (χ2v) is 6.33. The number of anilines is 1. The number of aromatic nitrogens is 1. The Bertz CT molecular complexity index is 787. The smallest absolute Gasteiger partial charge is 0.387 e. The fourth-order valence-electron chi connectivity index (χ4n) is 2.88. The van der Waals surface area contributed by atoms with Crippen molar-refractivity contribution in [1.29, 1.82) is 5.26 Å². The van der Waals surface area contributed by atoms with E-state index < -0.39 is 6.61 Å². The molecule has 0 spiro atoms. The summed E-state index contributed by atoms with van der Waals surface area (Å²) < 4.78 is 28.7. The lowest BCUT2D eigenvalue weighted by Gasteiger charge is -2.35. The Kier molecular flexibility index (Phi) is 5.86. The van der Waals surface area contributed by atoms with Crippen molar-refractivity contribution in [3.63, 3.8) is 0 Å². The molecule has 0 saturated carbocycles. The van der Waals surface area contributed by atoms with Gasteiger partial charge >= 0.3 is 6.61 Å². The Labute approximate surface area is 155 Å². The maximum absolute atomic E-state index is 12.2. The molecule has 0 N–H and O–H groups in total. The van der Waals surface area contributed by atoms with Crippen molar-refractivity contribution in [2.75, 3.05) is 31.1 Å². The first-order chi connectivity index (χ1) is 12.5. The number of nitriles is 1. The number of halogens is 3. The summed E-state index contributed by atoms with van der Waals surface area (Å²) in [6, 6.07) is 10.3. The number of ether oxygens (including phenoxy) is 1. The third-order valence-electron chi connectivity index (χ3n) is 4.18. The lowest BCUT2D eigenvalue weighted by Crippen LogP contribution is -2.46. The van der Waals surface area contributed by atoms with Crippen LogP contribution < -0.4 is 9.64 Å². The van der Waals surface area contributed by atoms with E-state index >= 15 is 0 Å². The topological polar surface area (TPSA) is 52.4 Å². The van der Waals surface area contributed by atoms with E-state index in [9.17, 15) is 8.78 Å². The van der Waals surface area contributed by atoms with Crippen LogP contribution >= 0.6 is 11.6 Å². The number of pyridine rings is 1. The summed E-state index contributed by atoms with van der Waals surface area (Å²) in [5.41, 5.74) is 1.48. The van der Waals surface area contributed by atoms with Gasteiger partial charge in [-0.1, -0.05) is 23.7 Å². The second kappa shape index (κ2) is 8.30. The van der Waals surface area contributed by atoms with Gasteiger partial charge < -0.3 is 9.64 Å². The highest BCUT2D eigenvalue weighted by atomic mass is 35.5. The van der Waals surface area contributed by atoms with Gasteiger partial charge in [0.1, 0.15) is 17.6 Å². The summed E-state index contributed by atoms with van der Waals surface area (Å²) in [6.07, 6.45) is 1.52. The zero-order chi connectivity index (χ0) is 18.5. The first-order valence-corrected chi connectivity index (χ1v) is 8.49. The largest absolute Gasteiger partial charge is 0.435 e. The van der Waals surface area contributed by atoms with Gasteiger partial charge in [-0.25, -0.2) is 4.98 Å². The molecule has 1 fully saturated rings. The molecule has 0 aliphatic carbocycles. The molecule has 0 atom stereocenters. The van der Waals surface area contributed by atoms with Crippen LogP contribution in [-0.4, -0.2) is 42.7 Å². The van der Waals surface area contributed by atoms with Crippen molar-refractivity contribution in [3.8, 4) is 11.8 Å². The minimum Gasteiger partial charge on any atom is -0.435 e. The number of piperazine rings is 1. The monoisotopic (exact) mass is 378 g/mol. The molecule has 5 nitrogen and oxygen atoms in total. The molecule has 1 aromatic heterocycles. The summed E-state index contributed by atoms with van der Waals surface area (Å²) in [5.74, 6) is 0.855. The molecule has 1 saturated heterocycles. The molecule has 1 aromatic carbocycles. The zero-order valence-electron chi connectivity index (χ0n) is 13.9. The van der Waals surface area contributed by atoms with E-state index in [0.29, 0.717) is 16.4 Å². The molecule has 8 heteroatoms. The molecule has 2 aromatic rings. The van der Waals surface area contributed by atoms with Crippen LogP contribution in [0.2, 0.25) is 5.02 Å². The van der Waals surface area contributed by atoms with Gasteiger partial charge in [0.15, 0.2) is 0 Å². The Morgan fingerprint density at radius 3 is 2.46 bits per heavy atom. The van der Waals surface area contributed by atoms with Crippen LogP contribution in [-0.2, 0) is 6.54 Å². The van der Waals surface area contributed by atoms with Gasteiger partial charge in [0.2, 0.25) is 0 Å². The van der Waals surface area contributed by atoms with E-state index in [1.165, 1.54) is 6.20 Å². The van der Waals surface area contributed by atoms with Crippen LogP contribution in [0.5, 0.6) is 5.75 Å². The minimum atomic E-state index is -2.81. The summed E-state index contributed by atoms with van der Waals surface area (Å²) >= 11 is 6.22. The second-order valence-electron chi connectivity index (χ2n) is 5.93. The van der Waals surface area contributed by atoms with E-state index in [2.05, 4.69) is 19.5 Å². The Balaban J connectivity index is 1.55. The zero-order valence-corrected chi connectivity index (χ0v) is 14.7. The van der Waals surface area contributed by atoms with Gasteiger partial charge in [-0.15, -0.1) is 0 Å². The fraction of sp³-hybridized carbons (Fsp3) is 0.333. The molecular formula is C18H17ClF2N4O. The minimum absolute atomic E-state index is 0.162. The van der Waals surface area contributed by atoms with E-state index in [1.807, 2.05) is 6.07 Å². The summed E-state index contributed by atoms with van der Waals surface area (Å²) in [6.45, 7) is 1.12. The van der Waals surface area contributed by atoms with Crippen LogP contribution in [0.15, 0.2) is 36.5 Å². The number of benzene rings is 1. The molecule has 0 amide bonds. The number of nitrogens with zero attached hydrogens (tertiary/aromatic N) is 4. The third kappa shape index (κ3) is 4.59. The van der Waals surface area contributed by atoms with Gasteiger partial charge in [0, 0.05) is 38.9 Å². The Morgan fingerprint density at radius 2 is 1.88 bits per heavy atom. The van der Waals surface area contributed by atoms with Crippen molar-refractivity contribution < 1.29 is 13.5 Å². The first kappa shape index (κ1) is 18.4. The van der Waals surface area contributed by atoms with E-state index in [4.69, 9.17) is 16.9 Å². The summed E-state index contributed by atoms with van der Waals surface area (Å²) in [7, 11) is 0. The van der Waals surface area contributed by atoms with Crippen LogP contribution in [0.1, 0.15) is 11.1 Å². The lowest BCUT2D eigenvalue weighted by molar-refractivity contribution is -0.0498. The van der Waals surface area contributed by atoms with Gasteiger partial charge in [0.25, 0.3) is 0 Å². The highest BCUT2D eigenvalue weighted by molar-refractivity contribution is 6.33. The number of alkyl halides is 2. The standard InChI is InChI=1S/C18H17ClF2N4O/c19-16-9-14(10-22)11-23-17(16)25-7-5-24(6-8-25)12-13-1-3-15(4-2-13)26-18(20)21/h1-4,9,11,18H,5-8,12H2. The summed E-state index contributed by atoms with van der Waals surface area (Å²) in [4.78, 5) is 8.66. The average molecular weight is 379 g/mol. The molecule has 0 bridgehead atoms. The molecule has 2 heterocycles. The van der Waals surface area contributed by atoms with Crippen LogP contribution in [0.25, 0.3) is 0 Å². The van der Waals surface area contributed by atoms with Crippen molar-refractivity contribution in [3.05, 3.63) is 52.7 Å². The molecule has 3 rings (SSSR count). The predicted molar refractivity (Wildman–Crippen MR) is 94.5 cm³/mol. The highest BCUT2D eigenvalue weighted by Gasteiger charge is 2.20. The van der Waals surface area contributed by atoms with E-state index in [1.54, 1.807) is 30.3 Å². The van der Waals surface area contributed by atoms with Crippen LogP contribution in [0.4, 0.5) is 14.6 Å². The maximum atomic E-state index is 12.2. The molecule has 0 unspecified atom stereocenters. The molecule has 136 valence electrons. The number of hydrogen-bond acceptors (Lipinski definition) is 5. The molecule has 1 aliphatic rings. The third-order valence-corrected chi connectivity index (χ3v) is 4.46. The molecule has 0 radical (unpaired) electrons. The van der Waals surface area contributed by atoms with Crippen LogP contribution in [0, 0.1) is 11.3 Å². The highest BCUT2D eigenvalue weighted by Crippen LogP contribution is 2.25. The SMILES string of the molecule is N#Cc1cnc(N2CCN(Cc3ccc(OC(F)F)cc3)CC2)c(Cl)c1.